The van der Waals surface area contributed by atoms with Gasteiger partial charge in [-0.15, -0.1) is 0 Å². The SMILES string of the molecule is C=C(CCNC(=O)COc1ccc(Cl)c(F)c1)NC(=O)c1ccccc1OC. The fraction of sp³-hybridized carbons (Fsp3) is 0.200. The lowest BCUT2D eigenvalue weighted by Crippen LogP contribution is -2.31. The third kappa shape index (κ3) is 6.28. The first-order chi connectivity index (χ1) is 13.4. The summed E-state index contributed by atoms with van der Waals surface area (Å²) in [5, 5.41) is 5.27. The van der Waals surface area contributed by atoms with Gasteiger partial charge in [0, 0.05) is 24.7 Å². The minimum atomic E-state index is -0.623. The van der Waals surface area contributed by atoms with Crippen molar-refractivity contribution in [1.82, 2.24) is 10.6 Å². The molecule has 0 aliphatic carbocycles. The average Bonchev–Trinajstić information content (AvgIpc) is 2.68. The number of carbonyl (C=O) groups is 2. The Morgan fingerprint density at radius 2 is 1.96 bits per heavy atom. The van der Waals surface area contributed by atoms with Crippen LogP contribution in [0.2, 0.25) is 5.02 Å². The summed E-state index contributed by atoms with van der Waals surface area (Å²) in [6.45, 7) is 3.75. The first-order valence-electron chi connectivity index (χ1n) is 8.37. The van der Waals surface area contributed by atoms with Crippen LogP contribution in [0.25, 0.3) is 0 Å². The second-order valence-electron chi connectivity index (χ2n) is 5.72. The molecule has 0 saturated carbocycles. The zero-order chi connectivity index (χ0) is 20.5. The van der Waals surface area contributed by atoms with Gasteiger partial charge < -0.3 is 20.1 Å². The van der Waals surface area contributed by atoms with E-state index in [0.29, 0.717) is 23.4 Å². The minimum absolute atomic E-state index is 0.0227. The highest BCUT2D eigenvalue weighted by Gasteiger charge is 2.12. The van der Waals surface area contributed by atoms with E-state index in [9.17, 15) is 14.0 Å². The van der Waals surface area contributed by atoms with Crippen LogP contribution >= 0.6 is 11.6 Å². The Morgan fingerprint density at radius 1 is 1.21 bits per heavy atom. The Kier molecular flexibility index (Phi) is 7.83. The van der Waals surface area contributed by atoms with E-state index >= 15 is 0 Å². The van der Waals surface area contributed by atoms with Crippen LogP contribution in [0.1, 0.15) is 16.8 Å². The summed E-state index contributed by atoms with van der Waals surface area (Å²) in [5.41, 5.74) is 0.829. The number of nitrogens with one attached hydrogen (secondary N) is 2. The molecule has 0 aliphatic rings. The zero-order valence-corrected chi connectivity index (χ0v) is 16.0. The summed E-state index contributed by atoms with van der Waals surface area (Å²) in [7, 11) is 1.48. The Hall–Kier alpha value is -3.06. The molecule has 0 bridgehead atoms. The molecule has 0 aliphatic heterocycles. The molecular weight excluding hydrogens is 387 g/mol. The minimum Gasteiger partial charge on any atom is -0.496 e. The lowest BCUT2D eigenvalue weighted by atomic mass is 10.2. The van der Waals surface area contributed by atoms with Gasteiger partial charge in [0.2, 0.25) is 0 Å². The molecule has 0 atom stereocenters. The highest BCUT2D eigenvalue weighted by Crippen LogP contribution is 2.20. The van der Waals surface area contributed by atoms with Crippen LogP contribution in [0.5, 0.6) is 11.5 Å². The molecule has 6 nitrogen and oxygen atoms in total. The average molecular weight is 407 g/mol. The number of methoxy groups -OCH3 is 1. The molecule has 8 heteroatoms. The van der Waals surface area contributed by atoms with Crippen LogP contribution in [0, 0.1) is 5.82 Å². The van der Waals surface area contributed by atoms with Gasteiger partial charge in [-0.2, -0.15) is 0 Å². The van der Waals surface area contributed by atoms with Gasteiger partial charge in [0.25, 0.3) is 11.8 Å². The van der Waals surface area contributed by atoms with Crippen molar-refractivity contribution in [2.75, 3.05) is 20.3 Å². The van der Waals surface area contributed by atoms with Crippen molar-refractivity contribution in [1.29, 1.82) is 0 Å². The number of para-hydroxylation sites is 1. The maximum absolute atomic E-state index is 13.3. The van der Waals surface area contributed by atoms with Crippen LogP contribution < -0.4 is 20.1 Å². The van der Waals surface area contributed by atoms with E-state index in [1.54, 1.807) is 24.3 Å². The molecule has 0 saturated heterocycles. The zero-order valence-electron chi connectivity index (χ0n) is 15.3. The van der Waals surface area contributed by atoms with Crippen molar-refractivity contribution in [2.24, 2.45) is 0 Å². The van der Waals surface area contributed by atoms with Gasteiger partial charge in [0.15, 0.2) is 6.61 Å². The molecule has 148 valence electrons. The molecule has 0 radical (unpaired) electrons. The number of amides is 2. The van der Waals surface area contributed by atoms with E-state index in [4.69, 9.17) is 21.1 Å². The van der Waals surface area contributed by atoms with Crippen LogP contribution in [0.15, 0.2) is 54.7 Å². The topological polar surface area (TPSA) is 76.7 Å². The second-order valence-corrected chi connectivity index (χ2v) is 6.13. The van der Waals surface area contributed by atoms with Crippen LogP contribution in [-0.4, -0.2) is 32.1 Å². The van der Waals surface area contributed by atoms with Crippen LogP contribution in [-0.2, 0) is 4.79 Å². The van der Waals surface area contributed by atoms with E-state index < -0.39 is 5.82 Å². The van der Waals surface area contributed by atoms with E-state index in [1.807, 2.05) is 0 Å². The van der Waals surface area contributed by atoms with Gasteiger partial charge in [-0.25, -0.2) is 4.39 Å². The molecule has 2 aromatic rings. The van der Waals surface area contributed by atoms with E-state index in [1.165, 1.54) is 19.2 Å². The summed E-state index contributed by atoms with van der Waals surface area (Å²) in [6.07, 6.45) is 0.336. The third-order valence-corrected chi connectivity index (χ3v) is 3.96. The van der Waals surface area contributed by atoms with Gasteiger partial charge in [0.05, 0.1) is 17.7 Å². The molecule has 2 N–H and O–H groups in total. The van der Waals surface area contributed by atoms with Crippen molar-refractivity contribution in [3.05, 3.63) is 71.1 Å². The number of hydrogen-bond acceptors (Lipinski definition) is 4. The highest BCUT2D eigenvalue weighted by atomic mass is 35.5. The molecule has 2 aromatic carbocycles. The third-order valence-electron chi connectivity index (χ3n) is 3.65. The predicted octanol–water partition coefficient (Wildman–Crippen LogP) is 3.32. The number of carbonyl (C=O) groups excluding carboxylic acids is 2. The van der Waals surface area contributed by atoms with Crippen molar-refractivity contribution in [3.8, 4) is 11.5 Å². The number of halogens is 2. The van der Waals surface area contributed by atoms with Crippen molar-refractivity contribution < 1.29 is 23.5 Å². The summed E-state index contributed by atoms with van der Waals surface area (Å²) in [6, 6.07) is 10.7. The normalized spacial score (nSPS) is 10.1. The quantitative estimate of drug-likeness (QED) is 0.669. The Balaban J connectivity index is 1.71. The predicted molar refractivity (Wildman–Crippen MR) is 104 cm³/mol. The number of rotatable bonds is 9. The number of hydrogen-bond donors (Lipinski definition) is 2. The van der Waals surface area contributed by atoms with Crippen molar-refractivity contribution in [2.45, 2.75) is 6.42 Å². The van der Waals surface area contributed by atoms with Crippen molar-refractivity contribution in [3.63, 3.8) is 0 Å². The van der Waals surface area contributed by atoms with Gasteiger partial charge in [-0.3, -0.25) is 9.59 Å². The summed E-state index contributed by atoms with van der Waals surface area (Å²) in [5.74, 6) is -0.704. The van der Waals surface area contributed by atoms with E-state index in [2.05, 4.69) is 17.2 Å². The molecule has 0 aromatic heterocycles. The maximum atomic E-state index is 13.3. The first kappa shape index (κ1) is 21.2. The van der Waals surface area contributed by atoms with Gasteiger partial charge >= 0.3 is 0 Å². The Labute approximate surface area is 167 Å². The summed E-state index contributed by atoms with van der Waals surface area (Å²) < 4.78 is 23.6. The molecule has 28 heavy (non-hydrogen) atoms. The molecular formula is C20H20ClFN2O4. The lowest BCUT2D eigenvalue weighted by molar-refractivity contribution is -0.123. The number of benzene rings is 2. The standard InChI is InChI=1S/C20H20ClFN2O4/c1-13(24-20(26)15-5-3-4-6-18(15)27-2)9-10-23-19(25)12-28-14-7-8-16(21)17(22)11-14/h3-8,11H,1,9-10,12H2,2H3,(H,23,25)(H,24,26). The molecule has 0 heterocycles. The number of ether oxygens (including phenoxy) is 2. The molecule has 2 amide bonds. The summed E-state index contributed by atoms with van der Waals surface area (Å²) in [4.78, 5) is 24.0. The Bertz CT molecular complexity index is 873. The van der Waals surface area contributed by atoms with Gasteiger partial charge in [-0.05, 0) is 24.3 Å². The van der Waals surface area contributed by atoms with Crippen LogP contribution in [0.3, 0.4) is 0 Å². The van der Waals surface area contributed by atoms with E-state index in [-0.39, 0.29) is 35.7 Å². The van der Waals surface area contributed by atoms with Gasteiger partial charge in [-0.1, -0.05) is 30.3 Å². The first-order valence-corrected chi connectivity index (χ1v) is 8.75. The highest BCUT2D eigenvalue weighted by molar-refractivity contribution is 6.30. The van der Waals surface area contributed by atoms with Gasteiger partial charge in [0.1, 0.15) is 17.3 Å². The molecule has 0 unspecified atom stereocenters. The molecule has 0 fully saturated rings. The fourth-order valence-electron chi connectivity index (χ4n) is 2.24. The lowest BCUT2D eigenvalue weighted by Gasteiger charge is -2.12. The summed E-state index contributed by atoms with van der Waals surface area (Å²) >= 11 is 5.58. The van der Waals surface area contributed by atoms with E-state index in [0.717, 1.165) is 6.07 Å². The molecule has 0 spiro atoms. The van der Waals surface area contributed by atoms with Crippen molar-refractivity contribution >= 4 is 23.4 Å². The molecule has 2 rings (SSSR count). The fourth-order valence-corrected chi connectivity index (χ4v) is 2.36. The monoisotopic (exact) mass is 406 g/mol. The van der Waals surface area contributed by atoms with Crippen LogP contribution in [0.4, 0.5) is 4.39 Å². The smallest absolute Gasteiger partial charge is 0.259 e. The largest absolute Gasteiger partial charge is 0.496 e. The maximum Gasteiger partial charge on any atom is 0.259 e. The second kappa shape index (κ2) is 10.3. The Morgan fingerprint density at radius 3 is 2.68 bits per heavy atom.